The number of thioether (sulfide) groups is 1. The number of amides is 1. The predicted octanol–water partition coefficient (Wildman–Crippen LogP) is 4.01. The number of aromatic nitrogens is 3. The average Bonchev–Trinajstić information content (AvgIpc) is 3.22. The molecule has 0 aliphatic rings. The Balaban J connectivity index is 1.60. The first-order chi connectivity index (χ1) is 12.0. The highest BCUT2D eigenvalue weighted by molar-refractivity contribution is 7.99. The molecule has 1 N–H and O–H groups in total. The third-order valence-electron chi connectivity index (χ3n) is 3.70. The largest absolute Gasteiger partial charge is 0.350 e. The fourth-order valence-corrected chi connectivity index (χ4v) is 3.96. The summed E-state index contributed by atoms with van der Waals surface area (Å²) in [6.45, 7) is 4.55. The number of hydrogen-bond donors (Lipinski definition) is 1. The first kappa shape index (κ1) is 18.0. The van der Waals surface area contributed by atoms with E-state index in [9.17, 15) is 4.79 Å². The Hall–Kier alpha value is -1.83. The Kier molecular flexibility index (Phi) is 5.78. The molecular weight excluding hydrogens is 376 g/mol. The molecular formula is C17H17ClN4OS2. The van der Waals surface area contributed by atoms with Crippen molar-refractivity contribution in [3.05, 3.63) is 57.0 Å². The van der Waals surface area contributed by atoms with Gasteiger partial charge in [-0.05, 0) is 48.6 Å². The molecule has 0 bridgehead atoms. The van der Waals surface area contributed by atoms with Gasteiger partial charge < -0.3 is 5.32 Å². The van der Waals surface area contributed by atoms with Crippen LogP contribution in [0.25, 0.3) is 5.69 Å². The fourth-order valence-electron chi connectivity index (χ4n) is 2.18. The normalized spacial score (nSPS) is 10.8. The summed E-state index contributed by atoms with van der Waals surface area (Å²) < 4.78 is 1.83. The molecule has 0 aliphatic heterocycles. The van der Waals surface area contributed by atoms with E-state index in [4.69, 9.17) is 11.6 Å². The van der Waals surface area contributed by atoms with E-state index in [-0.39, 0.29) is 11.7 Å². The van der Waals surface area contributed by atoms with E-state index >= 15 is 0 Å². The van der Waals surface area contributed by atoms with Crippen molar-refractivity contribution >= 4 is 40.6 Å². The zero-order valence-electron chi connectivity index (χ0n) is 13.8. The van der Waals surface area contributed by atoms with Crippen LogP contribution in [0.1, 0.15) is 16.0 Å². The van der Waals surface area contributed by atoms with Crippen LogP contribution in [-0.2, 0) is 11.3 Å². The highest BCUT2D eigenvalue weighted by Crippen LogP contribution is 2.23. The molecule has 8 heteroatoms. The van der Waals surface area contributed by atoms with Crippen LogP contribution in [0.15, 0.2) is 41.1 Å². The van der Waals surface area contributed by atoms with Crippen molar-refractivity contribution in [1.82, 2.24) is 20.1 Å². The van der Waals surface area contributed by atoms with Gasteiger partial charge in [-0.2, -0.15) is 0 Å². The minimum absolute atomic E-state index is 0.0331. The van der Waals surface area contributed by atoms with Crippen molar-refractivity contribution in [3.63, 3.8) is 0 Å². The molecule has 2 aromatic heterocycles. The van der Waals surface area contributed by atoms with Crippen molar-refractivity contribution in [2.75, 3.05) is 5.75 Å². The zero-order chi connectivity index (χ0) is 17.8. The van der Waals surface area contributed by atoms with E-state index in [1.807, 2.05) is 42.0 Å². The summed E-state index contributed by atoms with van der Waals surface area (Å²) in [5.41, 5.74) is 3.09. The summed E-state index contributed by atoms with van der Waals surface area (Å²) in [6, 6.07) is 7.82. The number of carbonyl (C=O) groups excluding carboxylic acids is 1. The molecule has 0 saturated heterocycles. The molecule has 0 radical (unpaired) electrons. The van der Waals surface area contributed by atoms with Crippen LogP contribution < -0.4 is 5.32 Å². The van der Waals surface area contributed by atoms with Crippen LogP contribution in [0, 0.1) is 13.8 Å². The lowest BCUT2D eigenvalue weighted by molar-refractivity contribution is -0.118. The minimum atomic E-state index is -0.0331. The minimum Gasteiger partial charge on any atom is -0.350 e. The summed E-state index contributed by atoms with van der Waals surface area (Å²) in [4.78, 5) is 13.3. The molecule has 5 nitrogen and oxygen atoms in total. The molecule has 25 heavy (non-hydrogen) atoms. The van der Waals surface area contributed by atoms with E-state index in [1.165, 1.54) is 22.2 Å². The summed E-state index contributed by atoms with van der Waals surface area (Å²) >= 11 is 9.18. The smallest absolute Gasteiger partial charge is 0.230 e. The molecule has 0 spiro atoms. The molecule has 130 valence electrons. The number of nitrogens with one attached hydrogen (secondary N) is 1. The van der Waals surface area contributed by atoms with Crippen molar-refractivity contribution < 1.29 is 4.79 Å². The van der Waals surface area contributed by atoms with Gasteiger partial charge in [-0.15, -0.1) is 21.5 Å². The molecule has 0 saturated carbocycles. The molecule has 2 heterocycles. The maximum atomic E-state index is 12.1. The van der Waals surface area contributed by atoms with E-state index < -0.39 is 0 Å². The maximum absolute atomic E-state index is 12.1. The average molecular weight is 393 g/mol. The maximum Gasteiger partial charge on any atom is 0.230 e. The van der Waals surface area contributed by atoms with E-state index in [1.54, 1.807) is 17.7 Å². The van der Waals surface area contributed by atoms with Gasteiger partial charge in [0.1, 0.15) is 6.33 Å². The van der Waals surface area contributed by atoms with Gasteiger partial charge in [-0.1, -0.05) is 29.4 Å². The van der Waals surface area contributed by atoms with E-state index in [0.717, 1.165) is 11.3 Å². The van der Waals surface area contributed by atoms with Gasteiger partial charge >= 0.3 is 0 Å². The van der Waals surface area contributed by atoms with Crippen molar-refractivity contribution in [3.8, 4) is 5.69 Å². The zero-order valence-corrected chi connectivity index (χ0v) is 16.2. The molecule has 1 aromatic carbocycles. The topological polar surface area (TPSA) is 59.8 Å². The summed E-state index contributed by atoms with van der Waals surface area (Å²) in [5, 5.41) is 14.3. The van der Waals surface area contributed by atoms with E-state index in [0.29, 0.717) is 16.7 Å². The molecule has 1 amide bonds. The number of halogens is 1. The summed E-state index contributed by atoms with van der Waals surface area (Å²) in [6.07, 6.45) is 1.62. The SMILES string of the molecule is Cc1ccc(-n2cnnc2SCC(=O)NCc2sccc2C)cc1Cl. The van der Waals surface area contributed by atoms with Crippen LogP contribution in [0.3, 0.4) is 0 Å². The number of aryl methyl sites for hydroxylation is 2. The Morgan fingerprint density at radius 3 is 2.88 bits per heavy atom. The predicted molar refractivity (Wildman–Crippen MR) is 103 cm³/mol. The second-order valence-electron chi connectivity index (χ2n) is 5.51. The van der Waals surface area contributed by atoms with Crippen LogP contribution in [0.2, 0.25) is 5.02 Å². The Bertz CT molecular complexity index is 890. The summed E-state index contributed by atoms with van der Waals surface area (Å²) in [5.74, 6) is 0.247. The number of rotatable bonds is 6. The Morgan fingerprint density at radius 2 is 2.16 bits per heavy atom. The van der Waals surface area contributed by atoms with Gasteiger partial charge in [0.25, 0.3) is 0 Å². The first-order valence-corrected chi connectivity index (χ1v) is 9.88. The van der Waals surface area contributed by atoms with Gasteiger partial charge in [0.05, 0.1) is 18.0 Å². The highest BCUT2D eigenvalue weighted by atomic mass is 35.5. The lowest BCUT2D eigenvalue weighted by atomic mass is 10.2. The van der Waals surface area contributed by atoms with Crippen LogP contribution in [0.4, 0.5) is 0 Å². The van der Waals surface area contributed by atoms with Crippen molar-refractivity contribution in [2.24, 2.45) is 0 Å². The van der Waals surface area contributed by atoms with E-state index in [2.05, 4.69) is 21.6 Å². The van der Waals surface area contributed by atoms with Gasteiger partial charge in [0.2, 0.25) is 5.91 Å². The second-order valence-corrected chi connectivity index (χ2v) is 7.86. The first-order valence-electron chi connectivity index (χ1n) is 7.63. The lowest BCUT2D eigenvalue weighted by Crippen LogP contribution is -2.24. The van der Waals surface area contributed by atoms with Crippen LogP contribution in [-0.4, -0.2) is 26.4 Å². The van der Waals surface area contributed by atoms with Gasteiger partial charge in [0.15, 0.2) is 5.16 Å². The van der Waals surface area contributed by atoms with Crippen LogP contribution >= 0.6 is 34.7 Å². The standard InChI is InChI=1S/C17H17ClN4OS2/c1-11-3-4-13(7-14(11)18)22-10-20-21-17(22)25-9-16(23)19-8-15-12(2)5-6-24-15/h3-7,10H,8-9H2,1-2H3,(H,19,23). The van der Waals surface area contributed by atoms with Gasteiger partial charge in [0, 0.05) is 9.90 Å². The molecule has 0 fully saturated rings. The van der Waals surface area contributed by atoms with Crippen LogP contribution in [0.5, 0.6) is 0 Å². The van der Waals surface area contributed by atoms with Crippen molar-refractivity contribution in [1.29, 1.82) is 0 Å². The fraction of sp³-hybridized carbons (Fsp3) is 0.235. The molecule has 0 aliphatic carbocycles. The number of nitrogens with zero attached hydrogens (tertiary/aromatic N) is 3. The number of carbonyl (C=O) groups is 1. The quantitative estimate of drug-likeness (QED) is 0.644. The van der Waals surface area contributed by atoms with Gasteiger partial charge in [-0.3, -0.25) is 9.36 Å². The third-order valence-corrected chi connectivity index (χ3v) is 6.07. The lowest BCUT2D eigenvalue weighted by Gasteiger charge is -2.08. The summed E-state index contributed by atoms with van der Waals surface area (Å²) in [7, 11) is 0. The number of hydrogen-bond acceptors (Lipinski definition) is 5. The Morgan fingerprint density at radius 1 is 1.32 bits per heavy atom. The number of benzene rings is 1. The second kappa shape index (κ2) is 8.03. The molecule has 0 unspecified atom stereocenters. The van der Waals surface area contributed by atoms with Gasteiger partial charge in [-0.25, -0.2) is 0 Å². The van der Waals surface area contributed by atoms with Crippen molar-refractivity contribution in [2.45, 2.75) is 25.5 Å². The molecule has 3 aromatic rings. The molecule has 0 atom stereocenters. The molecule has 3 rings (SSSR count). The number of thiophene rings is 1. The monoisotopic (exact) mass is 392 g/mol. The highest BCUT2D eigenvalue weighted by Gasteiger charge is 2.11. The Labute approximate surface area is 159 Å². The third kappa shape index (κ3) is 4.42.